The number of rotatable bonds is 3. The third kappa shape index (κ3) is 2.86. The third-order valence-corrected chi connectivity index (χ3v) is 5.70. The minimum Gasteiger partial charge on any atom is -0.314 e. The fourth-order valence-electron chi connectivity index (χ4n) is 4.02. The molecule has 2 heterocycles. The number of nitrogens with zero attached hydrogens (tertiary/aromatic N) is 3. The Bertz CT molecular complexity index is 1040. The molecule has 2 aliphatic heterocycles. The summed E-state index contributed by atoms with van der Waals surface area (Å²) in [6.07, 6.45) is 0.663. The topological polar surface area (TPSA) is 60.9 Å². The minimum atomic E-state index is -1.07. The molecule has 4 rings (SSSR count). The fourth-order valence-corrected chi connectivity index (χ4v) is 4.02. The van der Waals surface area contributed by atoms with Gasteiger partial charge in [0.2, 0.25) is 11.8 Å². The lowest BCUT2D eigenvalue weighted by Crippen LogP contribution is -2.64. The van der Waals surface area contributed by atoms with Crippen molar-refractivity contribution < 1.29 is 23.2 Å². The Hall–Kier alpha value is -3.29. The maximum atomic E-state index is 13.5. The molecule has 6 nitrogen and oxygen atoms in total. The van der Waals surface area contributed by atoms with Gasteiger partial charge in [-0.2, -0.15) is 0 Å². The molecular formula is C21H19F2N3O3. The molecule has 1 fully saturated rings. The number of anilines is 2. The Morgan fingerprint density at radius 3 is 2.59 bits per heavy atom. The van der Waals surface area contributed by atoms with Gasteiger partial charge in [-0.1, -0.05) is 12.1 Å². The molecule has 0 aliphatic carbocycles. The average Bonchev–Trinajstić information content (AvgIpc) is 3.02. The SMILES string of the molecule is CN(C(=O)CN1C(=O)c2ccccc2N2C(=O)CCC12C)c1ccc(F)c(F)c1. The normalized spacial score (nSPS) is 20.6. The Kier molecular flexibility index (Phi) is 4.37. The van der Waals surface area contributed by atoms with E-state index in [1.54, 1.807) is 36.1 Å². The van der Waals surface area contributed by atoms with Crippen LogP contribution in [0, 0.1) is 11.6 Å². The number of fused-ring (bicyclic) bond motifs is 3. The van der Waals surface area contributed by atoms with E-state index in [4.69, 9.17) is 0 Å². The lowest BCUT2D eigenvalue weighted by molar-refractivity contribution is -0.121. The summed E-state index contributed by atoms with van der Waals surface area (Å²) < 4.78 is 26.7. The molecule has 0 bridgehead atoms. The van der Waals surface area contributed by atoms with Crippen LogP contribution in [0.3, 0.4) is 0 Å². The smallest absolute Gasteiger partial charge is 0.258 e. The summed E-state index contributed by atoms with van der Waals surface area (Å²) in [5.41, 5.74) is 0.0968. The molecule has 0 aromatic heterocycles. The Morgan fingerprint density at radius 1 is 1.14 bits per heavy atom. The number of para-hydroxylation sites is 1. The number of halogens is 2. The molecule has 1 atom stereocenters. The van der Waals surface area contributed by atoms with Crippen LogP contribution in [0.2, 0.25) is 0 Å². The van der Waals surface area contributed by atoms with Crippen molar-refractivity contribution in [3.05, 3.63) is 59.7 Å². The second kappa shape index (κ2) is 6.65. The van der Waals surface area contributed by atoms with Gasteiger partial charge in [0.05, 0.1) is 11.3 Å². The molecule has 0 N–H and O–H groups in total. The molecule has 0 saturated carbocycles. The molecule has 150 valence electrons. The van der Waals surface area contributed by atoms with Crippen LogP contribution in [0.15, 0.2) is 42.5 Å². The number of benzene rings is 2. The van der Waals surface area contributed by atoms with Gasteiger partial charge in [-0.25, -0.2) is 8.78 Å². The van der Waals surface area contributed by atoms with Gasteiger partial charge in [0.15, 0.2) is 11.6 Å². The quantitative estimate of drug-likeness (QED) is 0.797. The number of carbonyl (C=O) groups excluding carboxylic acids is 3. The molecule has 1 unspecified atom stereocenters. The molecule has 1 saturated heterocycles. The molecule has 0 radical (unpaired) electrons. The first-order valence-corrected chi connectivity index (χ1v) is 9.20. The molecule has 0 spiro atoms. The minimum absolute atomic E-state index is 0.112. The van der Waals surface area contributed by atoms with Crippen LogP contribution in [0.1, 0.15) is 30.1 Å². The van der Waals surface area contributed by atoms with E-state index >= 15 is 0 Å². The first-order chi connectivity index (χ1) is 13.7. The lowest BCUT2D eigenvalue weighted by Gasteiger charge is -2.48. The van der Waals surface area contributed by atoms with E-state index in [0.29, 0.717) is 17.7 Å². The van der Waals surface area contributed by atoms with Crippen molar-refractivity contribution in [3.8, 4) is 0 Å². The summed E-state index contributed by atoms with van der Waals surface area (Å²) in [4.78, 5) is 42.8. The molecular weight excluding hydrogens is 380 g/mol. The van der Waals surface area contributed by atoms with Crippen LogP contribution in [0.25, 0.3) is 0 Å². The van der Waals surface area contributed by atoms with E-state index in [0.717, 1.165) is 12.1 Å². The Balaban J connectivity index is 1.67. The van der Waals surface area contributed by atoms with Crippen molar-refractivity contribution in [1.82, 2.24) is 4.90 Å². The van der Waals surface area contributed by atoms with E-state index in [-0.39, 0.29) is 30.5 Å². The summed E-state index contributed by atoms with van der Waals surface area (Å²) in [5.74, 6) is -3.01. The number of likely N-dealkylation sites (N-methyl/N-ethyl adjacent to an activating group) is 1. The summed E-state index contributed by atoms with van der Waals surface area (Å²) in [5, 5.41) is 0. The van der Waals surface area contributed by atoms with Crippen molar-refractivity contribution in [3.63, 3.8) is 0 Å². The first-order valence-electron chi connectivity index (χ1n) is 9.20. The van der Waals surface area contributed by atoms with E-state index < -0.39 is 23.2 Å². The highest BCUT2D eigenvalue weighted by Gasteiger charge is 2.53. The van der Waals surface area contributed by atoms with Gasteiger partial charge in [0.25, 0.3) is 5.91 Å². The third-order valence-electron chi connectivity index (χ3n) is 5.70. The number of hydrogen-bond donors (Lipinski definition) is 0. The molecule has 2 aromatic carbocycles. The molecule has 29 heavy (non-hydrogen) atoms. The number of hydrogen-bond acceptors (Lipinski definition) is 3. The highest BCUT2D eigenvalue weighted by atomic mass is 19.2. The molecule has 8 heteroatoms. The second-order valence-corrected chi connectivity index (χ2v) is 7.41. The van der Waals surface area contributed by atoms with Crippen molar-refractivity contribution >= 4 is 29.1 Å². The number of carbonyl (C=O) groups is 3. The summed E-state index contributed by atoms with van der Waals surface area (Å²) in [6.45, 7) is 1.46. The van der Waals surface area contributed by atoms with Gasteiger partial charge in [-0.05, 0) is 37.6 Å². The second-order valence-electron chi connectivity index (χ2n) is 7.41. The van der Waals surface area contributed by atoms with Gasteiger partial charge in [-0.15, -0.1) is 0 Å². The first kappa shape index (κ1) is 19.0. The van der Waals surface area contributed by atoms with Crippen LogP contribution in [0.4, 0.5) is 20.2 Å². The van der Waals surface area contributed by atoms with Crippen molar-refractivity contribution in [2.24, 2.45) is 0 Å². The van der Waals surface area contributed by atoms with Crippen LogP contribution in [0.5, 0.6) is 0 Å². The highest BCUT2D eigenvalue weighted by molar-refractivity contribution is 6.11. The monoisotopic (exact) mass is 399 g/mol. The van der Waals surface area contributed by atoms with Gasteiger partial charge < -0.3 is 9.80 Å². The molecule has 2 aliphatic rings. The van der Waals surface area contributed by atoms with Crippen LogP contribution in [-0.2, 0) is 9.59 Å². The van der Waals surface area contributed by atoms with Gasteiger partial charge in [0.1, 0.15) is 12.2 Å². The van der Waals surface area contributed by atoms with Gasteiger partial charge in [0, 0.05) is 25.2 Å². The zero-order chi connectivity index (χ0) is 20.9. The summed E-state index contributed by atoms with van der Waals surface area (Å²) in [6, 6.07) is 9.96. The molecule has 2 aromatic rings. The van der Waals surface area contributed by atoms with Gasteiger partial charge >= 0.3 is 0 Å². The summed E-state index contributed by atoms with van der Waals surface area (Å²) in [7, 11) is 1.43. The maximum absolute atomic E-state index is 13.5. The Morgan fingerprint density at radius 2 is 1.86 bits per heavy atom. The van der Waals surface area contributed by atoms with Crippen molar-refractivity contribution in [2.75, 3.05) is 23.4 Å². The molecule has 3 amide bonds. The van der Waals surface area contributed by atoms with Gasteiger partial charge in [-0.3, -0.25) is 19.3 Å². The van der Waals surface area contributed by atoms with Crippen LogP contribution < -0.4 is 9.80 Å². The highest BCUT2D eigenvalue weighted by Crippen LogP contribution is 2.43. The van der Waals surface area contributed by atoms with E-state index in [1.807, 2.05) is 0 Å². The van der Waals surface area contributed by atoms with Crippen molar-refractivity contribution in [2.45, 2.75) is 25.4 Å². The zero-order valence-corrected chi connectivity index (χ0v) is 16.0. The van der Waals surface area contributed by atoms with Crippen molar-refractivity contribution in [1.29, 1.82) is 0 Å². The van der Waals surface area contributed by atoms with E-state index in [1.165, 1.54) is 22.9 Å². The van der Waals surface area contributed by atoms with E-state index in [9.17, 15) is 23.2 Å². The number of amides is 3. The lowest BCUT2D eigenvalue weighted by atomic mass is 9.98. The average molecular weight is 399 g/mol. The largest absolute Gasteiger partial charge is 0.314 e. The van der Waals surface area contributed by atoms with Crippen LogP contribution >= 0.6 is 0 Å². The fraction of sp³-hybridized carbons (Fsp3) is 0.286. The summed E-state index contributed by atoms with van der Waals surface area (Å²) >= 11 is 0. The predicted octanol–water partition coefficient (Wildman–Crippen LogP) is 2.93. The Labute approximate surface area is 166 Å². The standard InChI is InChI=1S/C21H19F2N3O3/c1-21-10-9-18(27)26(21)17-6-4-3-5-14(17)20(29)25(21)12-19(28)24(2)13-7-8-15(22)16(23)11-13/h3-8,11H,9-10,12H2,1-2H3. The zero-order valence-electron chi connectivity index (χ0n) is 16.0. The van der Waals surface area contributed by atoms with Crippen LogP contribution in [-0.4, -0.2) is 41.9 Å². The van der Waals surface area contributed by atoms with E-state index in [2.05, 4.69) is 0 Å². The maximum Gasteiger partial charge on any atom is 0.258 e. The predicted molar refractivity (Wildman–Crippen MR) is 102 cm³/mol.